The third kappa shape index (κ3) is 3.22. The van der Waals surface area contributed by atoms with Crippen molar-refractivity contribution in [3.63, 3.8) is 0 Å². The maximum Gasteiger partial charge on any atom is 0.258 e. The molecule has 0 fully saturated rings. The first kappa shape index (κ1) is 14.6. The first-order chi connectivity index (χ1) is 10.0. The molecule has 110 valence electrons. The molecule has 0 saturated carbocycles. The largest absolute Gasteiger partial charge is 0.496 e. The van der Waals surface area contributed by atoms with Crippen LogP contribution < -0.4 is 10.1 Å². The fraction of sp³-hybridized carbons (Fsp3) is 0.200. The zero-order valence-electron chi connectivity index (χ0n) is 12.0. The van der Waals surface area contributed by atoms with Crippen molar-refractivity contribution >= 4 is 17.5 Å². The van der Waals surface area contributed by atoms with Crippen molar-refractivity contribution < 1.29 is 18.7 Å². The van der Waals surface area contributed by atoms with Gasteiger partial charge in [0.25, 0.3) is 11.8 Å². The molecule has 0 aliphatic heterocycles. The molecule has 0 saturated heterocycles. The number of benzene rings is 1. The Morgan fingerprint density at radius 3 is 2.57 bits per heavy atom. The predicted octanol–water partition coefficient (Wildman–Crippen LogP) is 2.24. The highest BCUT2D eigenvalue weighted by molar-refractivity contribution is 6.05. The molecule has 0 aliphatic carbocycles. The van der Waals surface area contributed by atoms with Crippen LogP contribution in [0.3, 0.4) is 0 Å². The number of carbonyl (C=O) groups is 2. The Bertz CT molecular complexity index is 648. The lowest BCUT2D eigenvalue weighted by Crippen LogP contribution is -2.22. The van der Waals surface area contributed by atoms with Gasteiger partial charge in [0.2, 0.25) is 0 Å². The van der Waals surface area contributed by atoms with E-state index in [1.165, 1.54) is 24.5 Å². The van der Waals surface area contributed by atoms with Crippen LogP contribution in [0, 0.1) is 0 Å². The van der Waals surface area contributed by atoms with Gasteiger partial charge >= 0.3 is 0 Å². The number of hydrogen-bond donors (Lipinski definition) is 1. The summed E-state index contributed by atoms with van der Waals surface area (Å²) >= 11 is 0. The molecule has 0 radical (unpaired) electrons. The van der Waals surface area contributed by atoms with Crippen LogP contribution in [0.5, 0.6) is 5.75 Å². The van der Waals surface area contributed by atoms with Crippen LogP contribution in [0.2, 0.25) is 0 Å². The fourth-order valence-electron chi connectivity index (χ4n) is 1.79. The summed E-state index contributed by atoms with van der Waals surface area (Å²) in [6.45, 7) is 0. The van der Waals surface area contributed by atoms with Gasteiger partial charge in [0.1, 0.15) is 12.0 Å². The minimum atomic E-state index is -0.308. The Balaban J connectivity index is 2.27. The highest BCUT2D eigenvalue weighted by atomic mass is 16.5. The molecule has 1 aromatic heterocycles. The monoisotopic (exact) mass is 288 g/mol. The number of nitrogens with one attached hydrogen (secondary N) is 1. The van der Waals surface area contributed by atoms with Crippen molar-refractivity contribution in [2.75, 3.05) is 26.5 Å². The topological polar surface area (TPSA) is 71.8 Å². The smallest absolute Gasteiger partial charge is 0.258 e. The number of nitrogens with zero attached hydrogens (tertiary/aromatic N) is 1. The molecule has 1 heterocycles. The Hall–Kier alpha value is -2.76. The van der Waals surface area contributed by atoms with E-state index >= 15 is 0 Å². The number of methoxy groups -OCH3 is 1. The lowest BCUT2D eigenvalue weighted by atomic mass is 10.1. The molecule has 2 rings (SSSR count). The van der Waals surface area contributed by atoms with Gasteiger partial charge in [-0.05, 0) is 24.3 Å². The number of carbonyl (C=O) groups excluding carboxylic acids is 2. The summed E-state index contributed by atoms with van der Waals surface area (Å²) in [5, 5.41) is 2.70. The second-order valence-corrected chi connectivity index (χ2v) is 4.58. The Labute approximate surface area is 122 Å². The van der Waals surface area contributed by atoms with Crippen LogP contribution in [0.4, 0.5) is 5.69 Å². The molecule has 0 bridgehead atoms. The van der Waals surface area contributed by atoms with Crippen LogP contribution in [0.15, 0.2) is 41.2 Å². The molecule has 0 unspecified atom stereocenters. The molecule has 21 heavy (non-hydrogen) atoms. The van der Waals surface area contributed by atoms with Crippen LogP contribution in [-0.4, -0.2) is 37.9 Å². The highest BCUT2D eigenvalue weighted by Crippen LogP contribution is 2.24. The van der Waals surface area contributed by atoms with E-state index < -0.39 is 0 Å². The lowest BCUT2D eigenvalue weighted by molar-refractivity contribution is 0.0824. The average molecular weight is 288 g/mol. The van der Waals surface area contributed by atoms with Crippen molar-refractivity contribution in [3.8, 4) is 5.75 Å². The summed E-state index contributed by atoms with van der Waals surface area (Å²) in [6.07, 6.45) is 2.77. The van der Waals surface area contributed by atoms with E-state index in [1.54, 1.807) is 38.4 Å². The third-order valence-corrected chi connectivity index (χ3v) is 2.88. The molecule has 0 aliphatic rings. The van der Waals surface area contributed by atoms with Crippen molar-refractivity contribution in [1.29, 1.82) is 0 Å². The maximum absolute atomic E-state index is 12.1. The van der Waals surface area contributed by atoms with Crippen molar-refractivity contribution in [1.82, 2.24) is 4.90 Å². The van der Waals surface area contributed by atoms with Gasteiger partial charge in [-0.2, -0.15) is 0 Å². The van der Waals surface area contributed by atoms with Crippen molar-refractivity contribution in [2.24, 2.45) is 0 Å². The minimum Gasteiger partial charge on any atom is -0.496 e. The molecule has 1 N–H and O–H groups in total. The molecule has 2 amide bonds. The molecular formula is C15H16N2O4. The van der Waals surface area contributed by atoms with Gasteiger partial charge < -0.3 is 19.4 Å². The van der Waals surface area contributed by atoms with Crippen LogP contribution in [0.1, 0.15) is 20.7 Å². The molecule has 6 nitrogen and oxygen atoms in total. The van der Waals surface area contributed by atoms with Crippen molar-refractivity contribution in [3.05, 3.63) is 47.9 Å². The number of furan rings is 1. The molecule has 0 atom stereocenters. The van der Waals surface area contributed by atoms with E-state index in [1.807, 2.05) is 0 Å². The number of rotatable bonds is 4. The first-order valence-corrected chi connectivity index (χ1v) is 6.26. The Morgan fingerprint density at radius 2 is 2.00 bits per heavy atom. The van der Waals surface area contributed by atoms with E-state index in [0.29, 0.717) is 22.6 Å². The summed E-state index contributed by atoms with van der Waals surface area (Å²) < 4.78 is 10.0. The third-order valence-electron chi connectivity index (χ3n) is 2.88. The lowest BCUT2D eigenvalue weighted by Gasteiger charge is -2.14. The van der Waals surface area contributed by atoms with Gasteiger partial charge in [0.05, 0.1) is 24.5 Å². The molecule has 6 heteroatoms. The van der Waals surface area contributed by atoms with E-state index in [-0.39, 0.29) is 11.8 Å². The quantitative estimate of drug-likeness (QED) is 0.936. The summed E-state index contributed by atoms with van der Waals surface area (Å²) in [5.41, 5.74) is 1.30. The second kappa shape index (κ2) is 6.13. The summed E-state index contributed by atoms with van der Waals surface area (Å²) in [6, 6.07) is 6.45. The van der Waals surface area contributed by atoms with Gasteiger partial charge in [-0.3, -0.25) is 9.59 Å². The number of ether oxygens (including phenoxy) is 1. The van der Waals surface area contributed by atoms with Crippen LogP contribution in [-0.2, 0) is 0 Å². The van der Waals surface area contributed by atoms with Crippen molar-refractivity contribution in [2.45, 2.75) is 0 Å². The highest BCUT2D eigenvalue weighted by Gasteiger charge is 2.16. The van der Waals surface area contributed by atoms with E-state index in [0.717, 1.165) is 0 Å². The summed E-state index contributed by atoms with van der Waals surface area (Å²) in [4.78, 5) is 25.5. The van der Waals surface area contributed by atoms with E-state index in [9.17, 15) is 9.59 Å². The molecule has 1 aromatic carbocycles. The second-order valence-electron chi connectivity index (χ2n) is 4.58. The van der Waals surface area contributed by atoms with Gasteiger partial charge in [0, 0.05) is 19.8 Å². The molecule has 0 spiro atoms. The van der Waals surface area contributed by atoms with E-state index in [4.69, 9.17) is 9.15 Å². The normalized spacial score (nSPS) is 10.0. The first-order valence-electron chi connectivity index (χ1n) is 6.26. The zero-order chi connectivity index (χ0) is 15.4. The number of anilines is 1. The minimum absolute atomic E-state index is 0.203. The summed E-state index contributed by atoms with van der Waals surface area (Å²) in [7, 11) is 4.79. The van der Waals surface area contributed by atoms with Gasteiger partial charge in [-0.15, -0.1) is 0 Å². The van der Waals surface area contributed by atoms with Crippen LogP contribution >= 0.6 is 0 Å². The maximum atomic E-state index is 12.1. The SMILES string of the molecule is COc1ccc(NC(=O)c2ccoc2)cc1C(=O)N(C)C. The van der Waals surface area contributed by atoms with Crippen LogP contribution in [0.25, 0.3) is 0 Å². The summed E-state index contributed by atoms with van der Waals surface area (Å²) in [5.74, 6) is -0.0570. The number of hydrogen-bond acceptors (Lipinski definition) is 4. The van der Waals surface area contributed by atoms with Gasteiger partial charge in [0.15, 0.2) is 0 Å². The number of amides is 2. The molecule has 2 aromatic rings. The van der Waals surface area contributed by atoms with E-state index in [2.05, 4.69) is 5.32 Å². The van der Waals surface area contributed by atoms with Gasteiger partial charge in [-0.1, -0.05) is 0 Å². The average Bonchev–Trinajstić information content (AvgIpc) is 3.00. The predicted molar refractivity (Wildman–Crippen MR) is 77.7 cm³/mol. The Morgan fingerprint density at radius 1 is 1.24 bits per heavy atom. The Kier molecular flexibility index (Phi) is 4.27. The standard InChI is InChI=1S/C15H16N2O4/c1-17(2)15(19)12-8-11(4-5-13(12)20-3)16-14(18)10-6-7-21-9-10/h4-9H,1-3H3,(H,16,18). The zero-order valence-corrected chi connectivity index (χ0v) is 12.0. The fourth-order valence-corrected chi connectivity index (χ4v) is 1.79. The molecular weight excluding hydrogens is 272 g/mol. The van der Waals surface area contributed by atoms with Gasteiger partial charge in [-0.25, -0.2) is 0 Å².